The number of amides is 1. The molecule has 1 amide bonds. The summed E-state index contributed by atoms with van der Waals surface area (Å²) < 4.78 is 5.09. The van der Waals surface area contributed by atoms with Crippen LogP contribution in [-0.2, 0) is 4.74 Å². The van der Waals surface area contributed by atoms with E-state index in [4.69, 9.17) is 4.74 Å². The smallest absolute Gasteiger partial charge is 0.407 e. The Balaban J connectivity index is 3.46. The molecule has 0 aliphatic rings. The number of thioether (sulfide) groups is 1. The van der Waals surface area contributed by atoms with Crippen molar-refractivity contribution in [2.75, 3.05) is 12.3 Å². The Morgan fingerprint density at radius 2 is 2.00 bits per heavy atom. The van der Waals surface area contributed by atoms with Crippen LogP contribution in [0.5, 0.6) is 0 Å². The number of alkyl carbamates (subject to hydrolysis) is 1. The van der Waals surface area contributed by atoms with Crippen LogP contribution in [-0.4, -0.2) is 29.2 Å². The van der Waals surface area contributed by atoms with E-state index in [1.54, 1.807) is 0 Å². The molecule has 0 aromatic heterocycles. The first-order valence-electron chi connectivity index (χ1n) is 4.90. The second kappa shape index (κ2) is 6.17. The summed E-state index contributed by atoms with van der Waals surface area (Å²) in [5, 5.41) is 3.32. The van der Waals surface area contributed by atoms with Gasteiger partial charge in [-0.05, 0) is 26.0 Å². The summed E-state index contributed by atoms with van der Waals surface area (Å²) in [6.45, 7) is 10.5. The zero-order chi connectivity index (χ0) is 11.2. The number of carbonyl (C=O) groups excluding carboxylic acids is 1. The molecule has 3 nitrogen and oxygen atoms in total. The van der Waals surface area contributed by atoms with E-state index in [0.717, 1.165) is 5.75 Å². The van der Waals surface area contributed by atoms with Gasteiger partial charge in [-0.3, -0.25) is 0 Å². The third kappa shape index (κ3) is 9.71. The first-order chi connectivity index (χ1) is 6.31. The first-order valence-corrected chi connectivity index (χ1v) is 5.94. The Morgan fingerprint density at radius 3 is 2.43 bits per heavy atom. The standard InChI is InChI=1S/C10H21NO2S/c1-8(2)14-7-6-11-9(12)13-10(3,4)5/h8H,6-7H2,1-5H3,(H,11,12). The molecule has 14 heavy (non-hydrogen) atoms. The molecule has 84 valence electrons. The zero-order valence-corrected chi connectivity index (χ0v) is 10.5. The van der Waals surface area contributed by atoms with E-state index in [1.807, 2.05) is 32.5 Å². The zero-order valence-electron chi connectivity index (χ0n) is 9.72. The van der Waals surface area contributed by atoms with Gasteiger partial charge in [0.05, 0.1) is 0 Å². The van der Waals surface area contributed by atoms with Crippen molar-refractivity contribution < 1.29 is 9.53 Å². The molecule has 0 radical (unpaired) electrons. The SMILES string of the molecule is CC(C)SCCNC(=O)OC(C)(C)C. The summed E-state index contributed by atoms with van der Waals surface area (Å²) in [4.78, 5) is 11.2. The molecule has 0 atom stereocenters. The summed E-state index contributed by atoms with van der Waals surface area (Å²) in [6, 6.07) is 0. The molecule has 1 N–H and O–H groups in total. The van der Waals surface area contributed by atoms with Crippen LogP contribution in [0, 0.1) is 0 Å². The number of hydrogen-bond acceptors (Lipinski definition) is 3. The normalized spacial score (nSPS) is 11.6. The fraction of sp³-hybridized carbons (Fsp3) is 0.900. The monoisotopic (exact) mass is 219 g/mol. The molecule has 0 aromatic rings. The fourth-order valence-corrected chi connectivity index (χ4v) is 1.45. The third-order valence-electron chi connectivity index (χ3n) is 1.22. The Morgan fingerprint density at radius 1 is 1.43 bits per heavy atom. The highest BCUT2D eigenvalue weighted by molar-refractivity contribution is 7.99. The van der Waals surface area contributed by atoms with Crippen LogP contribution >= 0.6 is 11.8 Å². The Hall–Kier alpha value is -0.380. The van der Waals surface area contributed by atoms with E-state index in [-0.39, 0.29) is 6.09 Å². The molecule has 0 aliphatic carbocycles. The van der Waals surface area contributed by atoms with Gasteiger partial charge >= 0.3 is 6.09 Å². The van der Waals surface area contributed by atoms with Crippen molar-refractivity contribution in [2.24, 2.45) is 0 Å². The van der Waals surface area contributed by atoms with Crippen LogP contribution in [0.3, 0.4) is 0 Å². The van der Waals surface area contributed by atoms with Crippen LogP contribution in [0.4, 0.5) is 4.79 Å². The molecule has 0 bridgehead atoms. The van der Waals surface area contributed by atoms with Gasteiger partial charge in [0.2, 0.25) is 0 Å². The van der Waals surface area contributed by atoms with E-state index in [1.165, 1.54) is 0 Å². The Bertz CT molecular complexity index is 175. The minimum atomic E-state index is -0.407. The molecule has 0 saturated heterocycles. The van der Waals surface area contributed by atoms with Crippen LogP contribution in [0.1, 0.15) is 34.6 Å². The molecule has 0 aliphatic heterocycles. The van der Waals surface area contributed by atoms with Gasteiger partial charge < -0.3 is 10.1 Å². The molecule has 0 rings (SSSR count). The molecule has 0 fully saturated rings. The van der Waals surface area contributed by atoms with E-state index in [9.17, 15) is 4.79 Å². The molecule has 0 saturated carbocycles. The molecule has 4 heteroatoms. The van der Waals surface area contributed by atoms with Gasteiger partial charge in [-0.15, -0.1) is 0 Å². The number of carbonyl (C=O) groups is 1. The Labute approximate surface area is 91.0 Å². The van der Waals surface area contributed by atoms with Gasteiger partial charge in [-0.1, -0.05) is 13.8 Å². The lowest BCUT2D eigenvalue weighted by Crippen LogP contribution is -2.33. The minimum Gasteiger partial charge on any atom is -0.444 e. The predicted octanol–water partition coefficient (Wildman–Crippen LogP) is 2.65. The quantitative estimate of drug-likeness (QED) is 0.739. The van der Waals surface area contributed by atoms with Crippen molar-refractivity contribution in [3.8, 4) is 0 Å². The van der Waals surface area contributed by atoms with Gasteiger partial charge in [-0.2, -0.15) is 11.8 Å². The minimum absolute atomic E-state index is 0.332. The van der Waals surface area contributed by atoms with Crippen molar-refractivity contribution in [1.29, 1.82) is 0 Å². The maximum Gasteiger partial charge on any atom is 0.407 e. The number of hydrogen-bond donors (Lipinski definition) is 1. The number of nitrogens with one attached hydrogen (secondary N) is 1. The summed E-state index contributed by atoms with van der Waals surface area (Å²) in [6.07, 6.45) is -0.332. The van der Waals surface area contributed by atoms with Crippen LogP contribution in [0.15, 0.2) is 0 Å². The fourth-order valence-electron chi connectivity index (χ4n) is 0.762. The van der Waals surface area contributed by atoms with E-state index in [2.05, 4.69) is 19.2 Å². The van der Waals surface area contributed by atoms with Crippen molar-refractivity contribution >= 4 is 17.9 Å². The molecule has 0 spiro atoms. The average molecular weight is 219 g/mol. The van der Waals surface area contributed by atoms with Gasteiger partial charge in [0, 0.05) is 12.3 Å². The third-order valence-corrected chi connectivity index (χ3v) is 2.33. The first kappa shape index (κ1) is 13.6. The predicted molar refractivity (Wildman–Crippen MR) is 61.8 cm³/mol. The number of rotatable bonds is 4. The molecule has 0 unspecified atom stereocenters. The van der Waals surface area contributed by atoms with Crippen molar-refractivity contribution in [3.05, 3.63) is 0 Å². The van der Waals surface area contributed by atoms with Gasteiger partial charge in [0.1, 0.15) is 5.60 Å². The highest BCUT2D eigenvalue weighted by atomic mass is 32.2. The maximum absolute atomic E-state index is 11.2. The van der Waals surface area contributed by atoms with Crippen molar-refractivity contribution in [2.45, 2.75) is 45.5 Å². The Kier molecular flexibility index (Phi) is 6.00. The van der Waals surface area contributed by atoms with E-state index < -0.39 is 5.60 Å². The molecule has 0 aromatic carbocycles. The molecular weight excluding hydrogens is 198 g/mol. The van der Waals surface area contributed by atoms with Crippen molar-refractivity contribution in [1.82, 2.24) is 5.32 Å². The highest BCUT2D eigenvalue weighted by Gasteiger charge is 2.15. The average Bonchev–Trinajstić information content (AvgIpc) is 1.94. The van der Waals surface area contributed by atoms with Gasteiger partial charge in [-0.25, -0.2) is 4.79 Å². The summed E-state index contributed by atoms with van der Waals surface area (Å²) in [5.74, 6) is 0.927. The van der Waals surface area contributed by atoms with E-state index in [0.29, 0.717) is 11.8 Å². The number of ether oxygens (including phenoxy) is 1. The highest BCUT2D eigenvalue weighted by Crippen LogP contribution is 2.08. The van der Waals surface area contributed by atoms with Crippen LogP contribution in [0.25, 0.3) is 0 Å². The van der Waals surface area contributed by atoms with Gasteiger partial charge in [0.25, 0.3) is 0 Å². The second-order valence-corrected chi connectivity index (χ2v) is 6.03. The maximum atomic E-state index is 11.2. The second-order valence-electron chi connectivity index (χ2n) is 4.35. The summed E-state index contributed by atoms with van der Waals surface area (Å²) in [5.41, 5.74) is -0.407. The van der Waals surface area contributed by atoms with Crippen LogP contribution in [0.2, 0.25) is 0 Å². The van der Waals surface area contributed by atoms with Gasteiger partial charge in [0.15, 0.2) is 0 Å². The topological polar surface area (TPSA) is 38.3 Å². The summed E-state index contributed by atoms with van der Waals surface area (Å²) in [7, 11) is 0. The van der Waals surface area contributed by atoms with Crippen molar-refractivity contribution in [3.63, 3.8) is 0 Å². The largest absolute Gasteiger partial charge is 0.444 e. The summed E-state index contributed by atoms with van der Waals surface area (Å²) >= 11 is 1.82. The lowest BCUT2D eigenvalue weighted by atomic mass is 10.2. The van der Waals surface area contributed by atoms with Crippen LogP contribution < -0.4 is 5.32 Å². The molecule has 0 heterocycles. The lowest BCUT2D eigenvalue weighted by Gasteiger charge is -2.19. The van der Waals surface area contributed by atoms with E-state index >= 15 is 0 Å². The molecular formula is C10H21NO2S. The lowest BCUT2D eigenvalue weighted by molar-refractivity contribution is 0.0531.